The summed E-state index contributed by atoms with van der Waals surface area (Å²) < 4.78 is 5.36. The summed E-state index contributed by atoms with van der Waals surface area (Å²) in [5.41, 5.74) is 3.16. The van der Waals surface area contributed by atoms with E-state index in [4.69, 9.17) is 4.52 Å². The average Bonchev–Trinajstić information content (AvgIpc) is 3.38. The van der Waals surface area contributed by atoms with Crippen molar-refractivity contribution in [3.05, 3.63) is 65.5 Å². The van der Waals surface area contributed by atoms with Gasteiger partial charge in [-0.2, -0.15) is 4.98 Å². The molecule has 0 saturated carbocycles. The number of rotatable bonds is 5. The van der Waals surface area contributed by atoms with Gasteiger partial charge >= 0.3 is 0 Å². The third-order valence-electron chi connectivity index (χ3n) is 5.04. The predicted octanol–water partition coefficient (Wildman–Crippen LogP) is 3.66. The largest absolute Gasteiger partial charge is 0.341 e. The van der Waals surface area contributed by atoms with Crippen molar-refractivity contribution in [1.29, 1.82) is 0 Å². The van der Waals surface area contributed by atoms with Gasteiger partial charge in [-0.05, 0) is 44.0 Å². The Morgan fingerprint density at radius 1 is 1.21 bits per heavy atom. The molecular weight excluding hydrogens is 368 g/mol. The first-order valence-electron chi connectivity index (χ1n) is 9.64. The monoisotopic (exact) mass is 390 g/mol. The Balaban J connectivity index is 1.48. The van der Waals surface area contributed by atoms with Gasteiger partial charge in [-0.25, -0.2) is 0 Å². The molecule has 2 aromatic carbocycles. The number of aryl methyl sites for hydroxylation is 1. The normalized spacial score (nSPS) is 14.8. The summed E-state index contributed by atoms with van der Waals surface area (Å²) in [6.07, 6.45) is 1.39. The lowest BCUT2D eigenvalue weighted by molar-refractivity contribution is -0.117. The van der Waals surface area contributed by atoms with Crippen LogP contribution in [0.1, 0.15) is 47.6 Å². The van der Waals surface area contributed by atoms with E-state index in [0.717, 1.165) is 23.2 Å². The van der Waals surface area contributed by atoms with Crippen LogP contribution in [-0.4, -0.2) is 28.5 Å². The lowest BCUT2D eigenvalue weighted by Gasteiger charge is -2.17. The maximum absolute atomic E-state index is 12.7. The summed E-state index contributed by atoms with van der Waals surface area (Å²) in [6.45, 7) is 4.46. The second-order valence-corrected chi connectivity index (χ2v) is 7.17. The van der Waals surface area contributed by atoms with Crippen LogP contribution in [0.25, 0.3) is 11.4 Å². The molecule has 29 heavy (non-hydrogen) atoms. The van der Waals surface area contributed by atoms with Crippen molar-refractivity contribution < 1.29 is 14.1 Å². The van der Waals surface area contributed by atoms with Crippen molar-refractivity contribution in [2.24, 2.45) is 0 Å². The fourth-order valence-corrected chi connectivity index (χ4v) is 3.42. The third-order valence-corrected chi connectivity index (χ3v) is 5.04. The Morgan fingerprint density at radius 2 is 2.03 bits per heavy atom. The van der Waals surface area contributed by atoms with Crippen LogP contribution < -0.4 is 10.2 Å². The van der Waals surface area contributed by atoms with Crippen LogP contribution in [0.2, 0.25) is 0 Å². The number of hydrogen-bond donors (Lipinski definition) is 1. The molecule has 1 fully saturated rings. The van der Waals surface area contributed by atoms with Gasteiger partial charge in [0.1, 0.15) is 6.04 Å². The maximum Gasteiger partial charge on any atom is 0.251 e. The van der Waals surface area contributed by atoms with Gasteiger partial charge in [0.2, 0.25) is 17.6 Å². The lowest BCUT2D eigenvalue weighted by atomic mass is 10.1. The van der Waals surface area contributed by atoms with Gasteiger partial charge in [0.25, 0.3) is 5.91 Å². The molecule has 2 heterocycles. The SMILES string of the molecule is Cc1ccccc1-c1noc(C(C)NC(=O)c2cccc(N3CCCC3=O)c2)n1. The quantitative estimate of drug-likeness (QED) is 0.718. The van der Waals surface area contributed by atoms with Crippen LogP contribution in [-0.2, 0) is 4.79 Å². The summed E-state index contributed by atoms with van der Waals surface area (Å²) in [4.78, 5) is 30.8. The van der Waals surface area contributed by atoms with E-state index in [1.807, 2.05) is 37.3 Å². The summed E-state index contributed by atoms with van der Waals surface area (Å²) >= 11 is 0. The van der Waals surface area contributed by atoms with E-state index in [9.17, 15) is 9.59 Å². The Hall–Kier alpha value is -3.48. The van der Waals surface area contributed by atoms with Gasteiger partial charge < -0.3 is 14.7 Å². The molecule has 1 aliphatic heterocycles. The molecule has 1 saturated heterocycles. The molecule has 0 aliphatic carbocycles. The molecule has 2 amide bonds. The number of carbonyl (C=O) groups is 2. The highest BCUT2D eigenvalue weighted by Gasteiger charge is 2.23. The van der Waals surface area contributed by atoms with Crippen molar-refractivity contribution >= 4 is 17.5 Å². The zero-order valence-corrected chi connectivity index (χ0v) is 16.4. The van der Waals surface area contributed by atoms with Crippen molar-refractivity contribution in [1.82, 2.24) is 15.5 Å². The van der Waals surface area contributed by atoms with Crippen LogP contribution >= 0.6 is 0 Å². The van der Waals surface area contributed by atoms with Crippen molar-refractivity contribution in [3.8, 4) is 11.4 Å². The number of aromatic nitrogens is 2. The molecule has 1 aromatic heterocycles. The number of carbonyl (C=O) groups excluding carboxylic acids is 2. The molecule has 4 rings (SSSR count). The Labute approximate surface area is 168 Å². The molecule has 1 N–H and O–H groups in total. The molecule has 7 heteroatoms. The number of nitrogens with zero attached hydrogens (tertiary/aromatic N) is 3. The van der Waals surface area contributed by atoms with E-state index in [2.05, 4.69) is 15.5 Å². The van der Waals surface area contributed by atoms with Crippen molar-refractivity contribution in [2.75, 3.05) is 11.4 Å². The number of benzene rings is 2. The van der Waals surface area contributed by atoms with Gasteiger partial charge in [0, 0.05) is 29.8 Å². The van der Waals surface area contributed by atoms with E-state index >= 15 is 0 Å². The average molecular weight is 390 g/mol. The number of nitrogens with one attached hydrogen (secondary N) is 1. The van der Waals surface area contributed by atoms with Gasteiger partial charge in [-0.15, -0.1) is 0 Å². The molecule has 0 radical (unpaired) electrons. The van der Waals surface area contributed by atoms with E-state index in [0.29, 0.717) is 30.2 Å². The minimum absolute atomic E-state index is 0.0884. The van der Waals surface area contributed by atoms with E-state index < -0.39 is 6.04 Å². The first-order chi connectivity index (χ1) is 14.0. The Morgan fingerprint density at radius 3 is 2.79 bits per heavy atom. The first-order valence-corrected chi connectivity index (χ1v) is 9.64. The topological polar surface area (TPSA) is 88.3 Å². The number of anilines is 1. The maximum atomic E-state index is 12.7. The molecule has 1 unspecified atom stereocenters. The van der Waals surface area contributed by atoms with Crippen LogP contribution in [0, 0.1) is 6.92 Å². The first kappa shape index (κ1) is 18.9. The molecule has 148 valence electrons. The van der Waals surface area contributed by atoms with Crippen LogP contribution in [0.3, 0.4) is 0 Å². The smallest absolute Gasteiger partial charge is 0.251 e. The number of hydrogen-bond acceptors (Lipinski definition) is 5. The lowest BCUT2D eigenvalue weighted by Crippen LogP contribution is -2.28. The highest BCUT2D eigenvalue weighted by Crippen LogP contribution is 2.24. The summed E-state index contributed by atoms with van der Waals surface area (Å²) in [5.74, 6) is 0.656. The minimum Gasteiger partial charge on any atom is -0.341 e. The second-order valence-electron chi connectivity index (χ2n) is 7.17. The molecule has 0 bridgehead atoms. The minimum atomic E-state index is -0.454. The summed E-state index contributed by atoms with van der Waals surface area (Å²) in [7, 11) is 0. The highest BCUT2D eigenvalue weighted by atomic mass is 16.5. The van der Waals surface area contributed by atoms with E-state index in [1.54, 1.807) is 30.0 Å². The second kappa shape index (κ2) is 7.87. The van der Waals surface area contributed by atoms with E-state index in [1.165, 1.54) is 0 Å². The molecule has 1 atom stereocenters. The Kier molecular flexibility index (Phi) is 5.12. The molecular formula is C22H22N4O3. The van der Waals surface area contributed by atoms with Crippen LogP contribution in [0.4, 0.5) is 5.69 Å². The fourth-order valence-electron chi connectivity index (χ4n) is 3.42. The van der Waals surface area contributed by atoms with Gasteiger partial charge in [0.05, 0.1) is 0 Å². The molecule has 3 aromatic rings. The van der Waals surface area contributed by atoms with Crippen LogP contribution in [0.5, 0.6) is 0 Å². The van der Waals surface area contributed by atoms with E-state index in [-0.39, 0.29) is 11.8 Å². The van der Waals surface area contributed by atoms with Gasteiger partial charge in [-0.3, -0.25) is 9.59 Å². The zero-order valence-electron chi connectivity index (χ0n) is 16.4. The molecule has 7 nitrogen and oxygen atoms in total. The standard InChI is InChI=1S/C22H22N4O3/c1-14-7-3-4-10-18(14)20-24-22(29-25-20)15(2)23-21(28)16-8-5-9-17(13-16)26-12-6-11-19(26)27/h3-5,7-10,13,15H,6,11-12H2,1-2H3,(H,23,28). The van der Waals surface area contributed by atoms with Crippen molar-refractivity contribution in [3.63, 3.8) is 0 Å². The molecule has 0 spiro atoms. The zero-order chi connectivity index (χ0) is 20.4. The summed E-state index contributed by atoms with van der Waals surface area (Å²) in [6, 6.07) is 14.4. The van der Waals surface area contributed by atoms with Gasteiger partial charge in [0.15, 0.2) is 0 Å². The highest BCUT2D eigenvalue weighted by molar-refractivity contribution is 5.99. The third kappa shape index (κ3) is 3.89. The number of amides is 2. The Bertz CT molecular complexity index is 1060. The van der Waals surface area contributed by atoms with Gasteiger partial charge in [-0.1, -0.05) is 35.5 Å². The van der Waals surface area contributed by atoms with Crippen LogP contribution in [0.15, 0.2) is 53.1 Å². The molecule has 1 aliphatic rings. The van der Waals surface area contributed by atoms with Crippen molar-refractivity contribution in [2.45, 2.75) is 32.7 Å². The fraction of sp³-hybridized carbons (Fsp3) is 0.273. The predicted molar refractivity (Wildman–Crippen MR) is 108 cm³/mol. The summed E-state index contributed by atoms with van der Waals surface area (Å²) in [5, 5.41) is 6.92.